The van der Waals surface area contributed by atoms with Gasteiger partial charge in [-0.1, -0.05) is 66.2 Å². The fourth-order valence-corrected chi connectivity index (χ4v) is 1.67. The van der Waals surface area contributed by atoms with Gasteiger partial charge in [-0.05, 0) is 12.3 Å². The zero-order valence-corrected chi connectivity index (χ0v) is 10.6. The van der Waals surface area contributed by atoms with Crippen LogP contribution in [0.15, 0.2) is 0 Å². The fraction of sp³-hybridized carbons (Fsp3) is 1.00. The van der Waals surface area contributed by atoms with Crippen molar-refractivity contribution in [2.24, 2.45) is 5.92 Å². The molecule has 0 fully saturated rings. The van der Waals surface area contributed by atoms with Crippen molar-refractivity contribution in [3.63, 3.8) is 0 Å². The second kappa shape index (κ2) is 15.4. The molecule has 1 heteroatoms. The second-order valence-corrected chi connectivity index (χ2v) is 3.60. The first-order valence-corrected chi connectivity index (χ1v) is 6.41. The first-order chi connectivity index (χ1) is 6.85. The van der Waals surface area contributed by atoms with Gasteiger partial charge in [0.25, 0.3) is 0 Å². The molecule has 0 radical (unpaired) electrons. The summed E-state index contributed by atoms with van der Waals surface area (Å²) in [5.41, 5.74) is 0. The summed E-state index contributed by atoms with van der Waals surface area (Å²) < 4.78 is 11.7. The summed E-state index contributed by atoms with van der Waals surface area (Å²) in [6, 6.07) is 0. The van der Waals surface area contributed by atoms with Crippen molar-refractivity contribution in [2.45, 2.75) is 72.6 Å². The molecule has 0 nitrogen and oxygen atoms in total. The highest BCUT2D eigenvalue weighted by molar-refractivity contribution is 4.56. The minimum Gasteiger partial charge on any atom is -0.251 e. The first kappa shape index (κ1) is 16.4. The zero-order chi connectivity index (χ0) is 11.2. The van der Waals surface area contributed by atoms with Crippen molar-refractivity contribution in [2.75, 3.05) is 6.67 Å². The number of hydrogen-bond acceptors (Lipinski definition) is 0. The van der Waals surface area contributed by atoms with Gasteiger partial charge in [-0.15, -0.1) is 0 Å². The highest BCUT2D eigenvalue weighted by Crippen LogP contribution is 2.18. The van der Waals surface area contributed by atoms with Crippen LogP contribution in [0.25, 0.3) is 0 Å². The molecule has 0 aliphatic rings. The van der Waals surface area contributed by atoms with Gasteiger partial charge in [-0.2, -0.15) is 0 Å². The smallest absolute Gasteiger partial charge is 0.0894 e. The molecule has 1 atom stereocenters. The third kappa shape index (κ3) is 11.9. The van der Waals surface area contributed by atoms with E-state index in [9.17, 15) is 4.39 Å². The van der Waals surface area contributed by atoms with E-state index in [0.717, 1.165) is 18.8 Å². The molecule has 0 saturated heterocycles. The predicted molar refractivity (Wildman–Crippen MR) is 64.5 cm³/mol. The summed E-state index contributed by atoms with van der Waals surface area (Å²) in [5, 5.41) is 0. The standard InChI is InChI=1S/C11H23F.C2H6/c1-3-8-11(4-2)9-6-5-7-10-12;1-2/h11H,3-10H2,1-2H3;1-2H3. The molecular weight excluding hydrogens is 175 g/mol. The van der Waals surface area contributed by atoms with E-state index in [4.69, 9.17) is 0 Å². The SMILES string of the molecule is CC.CCCC(CC)CCCCCF. The third-order valence-electron chi connectivity index (χ3n) is 2.52. The van der Waals surface area contributed by atoms with Crippen LogP contribution < -0.4 is 0 Å². The zero-order valence-electron chi connectivity index (χ0n) is 10.6. The minimum absolute atomic E-state index is 0.134. The van der Waals surface area contributed by atoms with Gasteiger partial charge in [-0.3, -0.25) is 4.39 Å². The van der Waals surface area contributed by atoms with Gasteiger partial charge in [-0.25, -0.2) is 0 Å². The summed E-state index contributed by atoms with van der Waals surface area (Å²) in [5.74, 6) is 0.898. The van der Waals surface area contributed by atoms with Gasteiger partial charge < -0.3 is 0 Å². The van der Waals surface area contributed by atoms with Crippen LogP contribution in [0.1, 0.15) is 72.6 Å². The molecule has 0 aliphatic heterocycles. The maximum Gasteiger partial charge on any atom is 0.0894 e. The van der Waals surface area contributed by atoms with E-state index >= 15 is 0 Å². The van der Waals surface area contributed by atoms with Gasteiger partial charge in [0.15, 0.2) is 0 Å². The van der Waals surface area contributed by atoms with Crippen LogP contribution in [0.3, 0.4) is 0 Å². The molecule has 0 aromatic rings. The van der Waals surface area contributed by atoms with Crippen molar-refractivity contribution >= 4 is 0 Å². The van der Waals surface area contributed by atoms with Crippen molar-refractivity contribution in [1.82, 2.24) is 0 Å². The van der Waals surface area contributed by atoms with Gasteiger partial charge >= 0.3 is 0 Å². The van der Waals surface area contributed by atoms with E-state index in [2.05, 4.69) is 13.8 Å². The number of hydrogen-bond donors (Lipinski definition) is 0. The van der Waals surface area contributed by atoms with Crippen LogP contribution in [0.4, 0.5) is 4.39 Å². The van der Waals surface area contributed by atoms with Crippen molar-refractivity contribution in [1.29, 1.82) is 0 Å². The normalized spacial score (nSPS) is 11.8. The Morgan fingerprint density at radius 3 is 2.00 bits per heavy atom. The van der Waals surface area contributed by atoms with Crippen LogP contribution in [0, 0.1) is 5.92 Å². The third-order valence-corrected chi connectivity index (χ3v) is 2.52. The maximum absolute atomic E-state index is 11.7. The average Bonchev–Trinajstić information content (AvgIpc) is 2.25. The molecular formula is C13H29F. The van der Waals surface area contributed by atoms with E-state index in [1.54, 1.807) is 0 Å². The van der Waals surface area contributed by atoms with E-state index < -0.39 is 0 Å². The lowest BCUT2D eigenvalue weighted by Crippen LogP contribution is -1.98. The largest absolute Gasteiger partial charge is 0.251 e. The van der Waals surface area contributed by atoms with E-state index in [1.165, 1.54) is 32.1 Å². The Labute approximate surface area is 90.3 Å². The molecule has 88 valence electrons. The number of alkyl halides is 1. The fourth-order valence-electron chi connectivity index (χ4n) is 1.67. The lowest BCUT2D eigenvalue weighted by Gasteiger charge is -2.12. The second-order valence-electron chi connectivity index (χ2n) is 3.60. The molecule has 0 aromatic carbocycles. The molecule has 0 aliphatic carbocycles. The number of unbranched alkanes of at least 4 members (excludes halogenated alkanes) is 2. The predicted octanol–water partition coefficient (Wildman–Crippen LogP) is 5.37. The maximum atomic E-state index is 11.7. The quantitative estimate of drug-likeness (QED) is 0.466. The summed E-state index contributed by atoms with van der Waals surface area (Å²) in [6.07, 6.45) is 8.32. The van der Waals surface area contributed by atoms with E-state index in [1.807, 2.05) is 13.8 Å². The summed E-state index contributed by atoms with van der Waals surface area (Å²) in [6.45, 7) is 8.37. The summed E-state index contributed by atoms with van der Waals surface area (Å²) in [4.78, 5) is 0. The lowest BCUT2D eigenvalue weighted by molar-refractivity contribution is 0.394. The Kier molecular flexibility index (Phi) is 18.0. The molecule has 0 spiro atoms. The Bertz CT molecular complexity index is 81.3. The Morgan fingerprint density at radius 2 is 1.57 bits per heavy atom. The van der Waals surface area contributed by atoms with Crippen LogP contribution >= 0.6 is 0 Å². The highest BCUT2D eigenvalue weighted by Gasteiger charge is 2.03. The van der Waals surface area contributed by atoms with Gasteiger partial charge in [0.1, 0.15) is 0 Å². The van der Waals surface area contributed by atoms with Crippen molar-refractivity contribution in [3.05, 3.63) is 0 Å². The molecule has 1 unspecified atom stereocenters. The Hall–Kier alpha value is -0.0700. The highest BCUT2D eigenvalue weighted by atomic mass is 19.1. The number of rotatable bonds is 8. The molecule has 0 N–H and O–H groups in total. The first-order valence-electron chi connectivity index (χ1n) is 6.41. The van der Waals surface area contributed by atoms with Gasteiger partial charge in [0, 0.05) is 0 Å². The summed E-state index contributed by atoms with van der Waals surface area (Å²) in [7, 11) is 0. The molecule has 0 rings (SSSR count). The van der Waals surface area contributed by atoms with Crippen LogP contribution in [-0.4, -0.2) is 6.67 Å². The molecule has 0 bridgehead atoms. The van der Waals surface area contributed by atoms with Crippen LogP contribution in [0.2, 0.25) is 0 Å². The molecule has 0 aromatic heterocycles. The summed E-state index contributed by atoms with van der Waals surface area (Å²) >= 11 is 0. The monoisotopic (exact) mass is 204 g/mol. The molecule has 0 saturated carbocycles. The van der Waals surface area contributed by atoms with Crippen LogP contribution in [-0.2, 0) is 0 Å². The Morgan fingerprint density at radius 1 is 0.929 bits per heavy atom. The number of halogens is 1. The Balaban J connectivity index is 0. The van der Waals surface area contributed by atoms with Crippen LogP contribution in [0.5, 0.6) is 0 Å². The van der Waals surface area contributed by atoms with Crippen molar-refractivity contribution < 1.29 is 4.39 Å². The van der Waals surface area contributed by atoms with Gasteiger partial charge in [0.2, 0.25) is 0 Å². The van der Waals surface area contributed by atoms with Crippen molar-refractivity contribution in [3.8, 4) is 0 Å². The van der Waals surface area contributed by atoms with Gasteiger partial charge in [0.05, 0.1) is 6.67 Å². The molecule has 14 heavy (non-hydrogen) atoms. The topological polar surface area (TPSA) is 0 Å². The molecule has 0 heterocycles. The minimum atomic E-state index is -0.134. The lowest BCUT2D eigenvalue weighted by atomic mass is 9.94. The molecule has 0 amide bonds. The van der Waals surface area contributed by atoms with E-state index in [-0.39, 0.29) is 6.67 Å². The average molecular weight is 204 g/mol. The van der Waals surface area contributed by atoms with E-state index in [0.29, 0.717) is 0 Å².